The van der Waals surface area contributed by atoms with Crippen LogP contribution in [0.15, 0.2) is 30.5 Å². The standard InChI is InChI=1S/C12H12ClN3/c13-10-1-3-11(4-2-10)16-12-8-14-6-5-9(12)7-15-16/h1-4,7,14H,5-6,8H2. The monoisotopic (exact) mass is 233 g/mol. The first kappa shape index (κ1) is 9.87. The van der Waals surface area contributed by atoms with Crippen LogP contribution in [0, 0.1) is 0 Å². The Morgan fingerprint density at radius 3 is 2.88 bits per heavy atom. The predicted octanol–water partition coefficient (Wildman–Crippen LogP) is 2.17. The highest BCUT2D eigenvalue weighted by atomic mass is 35.5. The summed E-state index contributed by atoms with van der Waals surface area (Å²) in [6, 6.07) is 7.76. The quantitative estimate of drug-likeness (QED) is 0.818. The summed E-state index contributed by atoms with van der Waals surface area (Å²) >= 11 is 5.87. The van der Waals surface area contributed by atoms with Gasteiger partial charge in [-0.05, 0) is 42.8 Å². The molecule has 0 atom stereocenters. The summed E-state index contributed by atoms with van der Waals surface area (Å²) in [7, 11) is 0. The van der Waals surface area contributed by atoms with Crippen molar-refractivity contribution in [2.45, 2.75) is 13.0 Å². The number of halogens is 1. The number of nitrogens with one attached hydrogen (secondary N) is 1. The Hall–Kier alpha value is -1.32. The first-order valence-electron chi connectivity index (χ1n) is 5.37. The molecule has 2 heterocycles. The molecule has 1 aliphatic heterocycles. The molecule has 0 amide bonds. The molecule has 0 radical (unpaired) electrons. The van der Waals surface area contributed by atoms with E-state index in [2.05, 4.69) is 10.4 Å². The third-order valence-electron chi connectivity index (χ3n) is 2.89. The second kappa shape index (κ2) is 3.92. The van der Waals surface area contributed by atoms with E-state index in [-0.39, 0.29) is 0 Å². The first-order valence-corrected chi connectivity index (χ1v) is 5.75. The third-order valence-corrected chi connectivity index (χ3v) is 3.14. The Bertz CT molecular complexity index is 501. The average molecular weight is 234 g/mol. The van der Waals surface area contributed by atoms with Gasteiger partial charge in [-0.3, -0.25) is 0 Å². The summed E-state index contributed by atoms with van der Waals surface area (Å²) in [6.07, 6.45) is 3.02. The molecule has 3 rings (SSSR count). The van der Waals surface area contributed by atoms with Crippen molar-refractivity contribution in [3.8, 4) is 5.69 Å². The molecular formula is C12H12ClN3. The minimum absolute atomic E-state index is 0.753. The SMILES string of the molecule is Clc1ccc(-n2ncc3c2CNCC3)cc1. The molecule has 0 fully saturated rings. The number of hydrogen-bond acceptors (Lipinski definition) is 2. The lowest BCUT2D eigenvalue weighted by molar-refractivity contribution is 0.614. The molecule has 4 heteroatoms. The van der Waals surface area contributed by atoms with E-state index < -0.39 is 0 Å². The van der Waals surface area contributed by atoms with E-state index in [1.165, 1.54) is 11.3 Å². The number of fused-ring (bicyclic) bond motifs is 1. The fourth-order valence-corrected chi connectivity index (χ4v) is 2.17. The molecule has 2 aromatic rings. The van der Waals surface area contributed by atoms with Crippen LogP contribution in [-0.2, 0) is 13.0 Å². The van der Waals surface area contributed by atoms with Gasteiger partial charge in [0.05, 0.1) is 17.6 Å². The van der Waals surface area contributed by atoms with Crippen LogP contribution in [0.3, 0.4) is 0 Å². The largest absolute Gasteiger partial charge is 0.311 e. The molecule has 1 aromatic carbocycles. The van der Waals surface area contributed by atoms with E-state index in [0.29, 0.717) is 0 Å². The van der Waals surface area contributed by atoms with Crippen LogP contribution in [0.25, 0.3) is 5.69 Å². The predicted molar refractivity (Wildman–Crippen MR) is 64.0 cm³/mol. The maximum Gasteiger partial charge on any atom is 0.0650 e. The van der Waals surface area contributed by atoms with Gasteiger partial charge in [0.25, 0.3) is 0 Å². The van der Waals surface area contributed by atoms with E-state index in [0.717, 1.165) is 30.2 Å². The van der Waals surface area contributed by atoms with Gasteiger partial charge in [-0.2, -0.15) is 5.10 Å². The lowest BCUT2D eigenvalue weighted by Gasteiger charge is -2.15. The van der Waals surface area contributed by atoms with Gasteiger partial charge in [0.2, 0.25) is 0 Å². The lowest BCUT2D eigenvalue weighted by Crippen LogP contribution is -2.24. The van der Waals surface area contributed by atoms with Gasteiger partial charge in [0.1, 0.15) is 0 Å². The van der Waals surface area contributed by atoms with Gasteiger partial charge in [-0.15, -0.1) is 0 Å². The molecule has 1 N–H and O–H groups in total. The molecule has 1 aliphatic rings. The number of aromatic nitrogens is 2. The van der Waals surface area contributed by atoms with Crippen LogP contribution >= 0.6 is 11.6 Å². The molecule has 0 aliphatic carbocycles. The second-order valence-electron chi connectivity index (χ2n) is 3.93. The fourth-order valence-electron chi connectivity index (χ4n) is 2.04. The summed E-state index contributed by atoms with van der Waals surface area (Å²) < 4.78 is 1.98. The number of benzene rings is 1. The molecule has 0 saturated heterocycles. The van der Waals surface area contributed by atoms with Crippen molar-refractivity contribution in [3.05, 3.63) is 46.7 Å². The normalized spacial score (nSPS) is 14.8. The molecular weight excluding hydrogens is 222 g/mol. The Balaban J connectivity index is 2.06. The summed E-state index contributed by atoms with van der Waals surface area (Å²) in [4.78, 5) is 0. The maximum absolute atomic E-state index is 5.87. The van der Waals surface area contributed by atoms with Crippen molar-refractivity contribution < 1.29 is 0 Å². The van der Waals surface area contributed by atoms with Gasteiger partial charge in [-0.25, -0.2) is 4.68 Å². The van der Waals surface area contributed by atoms with Gasteiger partial charge >= 0.3 is 0 Å². The first-order chi connectivity index (χ1) is 7.84. The van der Waals surface area contributed by atoms with E-state index >= 15 is 0 Å². The summed E-state index contributed by atoms with van der Waals surface area (Å²) in [5.41, 5.74) is 3.66. The zero-order valence-corrected chi connectivity index (χ0v) is 9.54. The zero-order valence-electron chi connectivity index (χ0n) is 8.78. The van der Waals surface area contributed by atoms with Gasteiger partial charge < -0.3 is 5.32 Å². The van der Waals surface area contributed by atoms with E-state index in [1.807, 2.05) is 35.1 Å². The number of rotatable bonds is 1. The van der Waals surface area contributed by atoms with Crippen LogP contribution in [0.1, 0.15) is 11.3 Å². The number of nitrogens with zero attached hydrogens (tertiary/aromatic N) is 2. The van der Waals surface area contributed by atoms with Crippen LogP contribution in [-0.4, -0.2) is 16.3 Å². The molecule has 0 unspecified atom stereocenters. The van der Waals surface area contributed by atoms with Crippen LogP contribution < -0.4 is 5.32 Å². The molecule has 3 nitrogen and oxygen atoms in total. The maximum atomic E-state index is 5.87. The molecule has 1 aromatic heterocycles. The molecule has 0 spiro atoms. The zero-order chi connectivity index (χ0) is 11.0. The highest BCUT2D eigenvalue weighted by Crippen LogP contribution is 2.19. The summed E-state index contributed by atoms with van der Waals surface area (Å²) in [6.45, 7) is 1.93. The van der Waals surface area contributed by atoms with Crippen LogP contribution in [0.4, 0.5) is 0 Å². The van der Waals surface area contributed by atoms with Crippen molar-refractivity contribution in [2.24, 2.45) is 0 Å². The highest BCUT2D eigenvalue weighted by molar-refractivity contribution is 6.30. The fraction of sp³-hybridized carbons (Fsp3) is 0.250. The second-order valence-corrected chi connectivity index (χ2v) is 4.37. The third kappa shape index (κ3) is 1.62. The molecule has 82 valence electrons. The molecule has 0 saturated carbocycles. The topological polar surface area (TPSA) is 29.9 Å². The minimum atomic E-state index is 0.753. The van der Waals surface area contributed by atoms with E-state index in [4.69, 9.17) is 11.6 Å². The van der Waals surface area contributed by atoms with Gasteiger partial charge in [0.15, 0.2) is 0 Å². The highest BCUT2D eigenvalue weighted by Gasteiger charge is 2.15. The lowest BCUT2D eigenvalue weighted by atomic mass is 10.1. The number of hydrogen-bond donors (Lipinski definition) is 1. The van der Waals surface area contributed by atoms with Crippen molar-refractivity contribution in [1.29, 1.82) is 0 Å². The smallest absolute Gasteiger partial charge is 0.0650 e. The van der Waals surface area contributed by atoms with Gasteiger partial charge in [0, 0.05) is 11.6 Å². The molecule has 0 bridgehead atoms. The van der Waals surface area contributed by atoms with Crippen molar-refractivity contribution in [1.82, 2.24) is 15.1 Å². The Morgan fingerprint density at radius 1 is 1.25 bits per heavy atom. The Morgan fingerprint density at radius 2 is 2.06 bits per heavy atom. The van der Waals surface area contributed by atoms with E-state index in [1.54, 1.807) is 0 Å². The minimum Gasteiger partial charge on any atom is -0.311 e. The van der Waals surface area contributed by atoms with Crippen molar-refractivity contribution in [2.75, 3.05) is 6.54 Å². The average Bonchev–Trinajstić information content (AvgIpc) is 2.74. The van der Waals surface area contributed by atoms with Crippen LogP contribution in [0.5, 0.6) is 0 Å². The Kier molecular flexibility index (Phi) is 2.42. The van der Waals surface area contributed by atoms with Crippen molar-refractivity contribution in [3.63, 3.8) is 0 Å². The summed E-state index contributed by atoms with van der Waals surface area (Å²) in [5.74, 6) is 0. The van der Waals surface area contributed by atoms with Crippen LogP contribution in [0.2, 0.25) is 5.02 Å². The molecule has 16 heavy (non-hydrogen) atoms. The summed E-state index contributed by atoms with van der Waals surface area (Å²) in [5, 5.41) is 8.55. The van der Waals surface area contributed by atoms with E-state index in [9.17, 15) is 0 Å². The van der Waals surface area contributed by atoms with Gasteiger partial charge in [-0.1, -0.05) is 11.6 Å². The Labute approximate surface area is 99.0 Å². The van der Waals surface area contributed by atoms with Crippen molar-refractivity contribution >= 4 is 11.6 Å².